The molecule has 16 heavy (non-hydrogen) atoms. The highest BCUT2D eigenvalue weighted by Crippen LogP contribution is 2.26. The molecule has 2 unspecified atom stereocenters. The minimum absolute atomic E-state index is 0.792. The maximum atomic E-state index is 3.35. The Labute approximate surface area is 101 Å². The van der Waals surface area contributed by atoms with Gasteiger partial charge in [0.2, 0.25) is 0 Å². The standard InChI is InChI=1S/C8H15N.C6H13N/c1-2-8-4-3-6-9(8)7-5-8;1-2-4-6-7-5-3-1/h2-7H2,1H3;7H,1-6H2/p+1. The van der Waals surface area contributed by atoms with E-state index in [2.05, 4.69) is 12.2 Å². The van der Waals surface area contributed by atoms with Gasteiger partial charge in [-0.1, -0.05) is 19.8 Å². The fourth-order valence-electron chi connectivity index (χ4n) is 3.57. The summed E-state index contributed by atoms with van der Waals surface area (Å²) in [5.41, 5.74) is 0.792. The van der Waals surface area contributed by atoms with Crippen LogP contribution in [0.5, 0.6) is 0 Å². The minimum Gasteiger partial charge on any atom is -0.330 e. The van der Waals surface area contributed by atoms with E-state index < -0.39 is 0 Å². The molecule has 0 saturated carbocycles. The largest absolute Gasteiger partial charge is 0.330 e. The van der Waals surface area contributed by atoms with E-state index in [4.69, 9.17) is 0 Å². The predicted molar refractivity (Wildman–Crippen MR) is 68.9 cm³/mol. The van der Waals surface area contributed by atoms with Crippen LogP contribution in [0, 0.1) is 0 Å². The molecule has 0 bridgehead atoms. The number of rotatable bonds is 1. The van der Waals surface area contributed by atoms with Gasteiger partial charge in [-0.25, -0.2) is 0 Å². The summed E-state index contributed by atoms with van der Waals surface area (Å²) < 4.78 is 0. The molecule has 3 aliphatic heterocycles. The molecule has 94 valence electrons. The van der Waals surface area contributed by atoms with Crippen molar-refractivity contribution in [2.45, 2.75) is 63.8 Å². The molecule has 3 aliphatic rings. The summed E-state index contributed by atoms with van der Waals surface area (Å²) in [5.74, 6) is 0. The molecule has 3 rings (SSSR count). The average Bonchev–Trinajstić information content (AvgIpc) is 2.56. The maximum Gasteiger partial charge on any atom is 0.103 e. The third-order valence-corrected chi connectivity index (χ3v) is 4.92. The van der Waals surface area contributed by atoms with Crippen molar-refractivity contribution in [1.29, 1.82) is 0 Å². The summed E-state index contributed by atoms with van der Waals surface area (Å²) in [5, 5.41) is 3.35. The highest BCUT2D eigenvalue weighted by Gasteiger charge is 2.50. The quantitative estimate of drug-likeness (QED) is 0.689. The zero-order valence-electron chi connectivity index (χ0n) is 11.0. The van der Waals surface area contributed by atoms with Crippen LogP contribution >= 0.6 is 0 Å². The van der Waals surface area contributed by atoms with Crippen molar-refractivity contribution in [3.63, 3.8) is 0 Å². The topological polar surface area (TPSA) is 16.5 Å². The molecule has 3 heterocycles. The number of nitrogens with one attached hydrogen (secondary N) is 2. The van der Waals surface area contributed by atoms with Gasteiger partial charge >= 0.3 is 0 Å². The first-order valence-electron chi connectivity index (χ1n) is 7.43. The van der Waals surface area contributed by atoms with E-state index in [9.17, 15) is 0 Å². The van der Waals surface area contributed by atoms with Crippen LogP contribution in [0.2, 0.25) is 0 Å². The van der Waals surface area contributed by atoms with Crippen LogP contribution in [-0.2, 0) is 0 Å². The van der Waals surface area contributed by atoms with Crippen molar-refractivity contribution in [1.82, 2.24) is 5.32 Å². The van der Waals surface area contributed by atoms with Gasteiger partial charge in [-0.05, 0) is 32.4 Å². The van der Waals surface area contributed by atoms with Crippen molar-refractivity contribution >= 4 is 0 Å². The number of quaternary nitrogens is 1. The summed E-state index contributed by atoms with van der Waals surface area (Å²) in [7, 11) is 0. The van der Waals surface area contributed by atoms with Gasteiger partial charge in [0.05, 0.1) is 19.5 Å². The number of hydrogen-bond donors (Lipinski definition) is 2. The summed E-state index contributed by atoms with van der Waals surface area (Å²) >= 11 is 0. The second-order valence-electron chi connectivity index (χ2n) is 5.76. The maximum absolute atomic E-state index is 3.35. The van der Waals surface area contributed by atoms with E-state index in [1.54, 1.807) is 0 Å². The van der Waals surface area contributed by atoms with Crippen LogP contribution in [0.25, 0.3) is 0 Å². The minimum atomic E-state index is 0.792. The van der Waals surface area contributed by atoms with Crippen LogP contribution < -0.4 is 10.2 Å². The first kappa shape index (κ1) is 12.4. The Morgan fingerprint density at radius 1 is 0.938 bits per heavy atom. The van der Waals surface area contributed by atoms with Crippen molar-refractivity contribution in [2.24, 2.45) is 0 Å². The molecule has 3 saturated heterocycles. The second kappa shape index (κ2) is 6.02. The normalized spacial score (nSPS) is 37.7. The molecule has 2 heteroatoms. The fraction of sp³-hybridized carbons (Fsp3) is 1.00. The second-order valence-corrected chi connectivity index (χ2v) is 5.76. The van der Waals surface area contributed by atoms with E-state index in [-0.39, 0.29) is 0 Å². The van der Waals surface area contributed by atoms with E-state index in [1.807, 2.05) is 4.90 Å². The van der Waals surface area contributed by atoms with Gasteiger partial charge in [0.1, 0.15) is 5.54 Å². The van der Waals surface area contributed by atoms with Gasteiger partial charge in [-0.15, -0.1) is 0 Å². The average molecular weight is 225 g/mol. The molecular weight excluding hydrogens is 196 g/mol. The Morgan fingerprint density at radius 2 is 1.69 bits per heavy atom. The molecule has 0 aromatic carbocycles. The van der Waals surface area contributed by atoms with Gasteiger partial charge in [-0.3, -0.25) is 0 Å². The monoisotopic (exact) mass is 225 g/mol. The zero-order valence-corrected chi connectivity index (χ0v) is 11.0. The van der Waals surface area contributed by atoms with Gasteiger partial charge in [0.25, 0.3) is 0 Å². The molecule has 0 aromatic heterocycles. The van der Waals surface area contributed by atoms with E-state index >= 15 is 0 Å². The Bertz CT molecular complexity index is 181. The van der Waals surface area contributed by atoms with Crippen molar-refractivity contribution in [3.05, 3.63) is 0 Å². The summed E-state index contributed by atoms with van der Waals surface area (Å²) in [6, 6.07) is 0. The molecule has 0 aliphatic carbocycles. The highest BCUT2D eigenvalue weighted by atomic mass is 15.3. The van der Waals surface area contributed by atoms with Crippen LogP contribution in [0.4, 0.5) is 0 Å². The molecule has 2 atom stereocenters. The molecule has 0 aromatic rings. The van der Waals surface area contributed by atoms with Gasteiger partial charge in [0.15, 0.2) is 0 Å². The van der Waals surface area contributed by atoms with Crippen molar-refractivity contribution in [3.8, 4) is 0 Å². The third-order valence-electron chi connectivity index (χ3n) is 4.92. The van der Waals surface area contributed by atoms with Gasteiger partial charge in [-0.2, -0.15) is 0 Å². The Kier molecular flexibility index (Phi) is 4.66. The third kappa shape index (κ3) is 2.78. The number of fused-ring (bicyclic) bond motifs is 1. The van der Waals surface area contributed by atoms with Crippen molar-refractivity contribution in [2.75, 3.05) is 26.2 Å². The first-order valence-corrected chi connectivity index (χ1v) is 7.43. The highest BCUT2D eigenvalue weighted by molar-refractivity contribution is 4.86. The van der Waals surface area contributed by atoms with Crippen LogP contribution in [0.1, 0.15) is 58.3 Å². The van der Waals surface area contributed by atoms with E-state index in [0.29, 0.717) is 0 Å². The van der Waals surface area contributed by atoms with E-state index in [0.717, 1.165) is 5.54 Å². The molecule has 0 radical (unpaired) electrons. The van der Waals surface area contributed by atoms with Gasteiger partial charge in [0, 0.05) is 12.8 Å². The number of hydrogen-bond acceptors (Lipinski definition) is 1. The molecule has 2 N–H and O–H groups in total. The predicted octanol–water partition coefficient (Wildman–Crippen LogP) is 1.37. The lowest BCUT2D eigenvalue weighted by atomic mass is 9.83. The smallest absolute Gasteiger partial charge is 0.103 e. The molecule has 0 spiro atoms. The van der Waals surface area contributed by atoms with Crippen molar-refractivity contribution < 1.29 is 4.90 Å². The molecule has 2 nitrogen and oxygen atoms in total. The summed E-state index contributed by atoms with van der Waals surface area (Å²) in [4.78, 5) is 1.91. The Hall–Kier alpha value is -0.0800. The van der Waals surface area contributed by atoms with Gasteiger partial charge < -0.3 is 10.2 Å². The van der Waals surface area contributed by atoms with Crippen LogP contribution in [-0.4, -0.2) is 31.7 Å². The Morgan fingerprint density at radius 3 is 2.12 bits per heavy atom. The lowest BCUT2D eigenvalue weighted by Crippen LogP contribution is -3.24. The van der Waals surface area contributed by atoms with Crippen LogP contribution in [0.3, 0.4) is 0 Å². The summed E-state index contributed by atoms with van der Waals surface area (Å²) in [6.45, 7) is 7.78. The summed E-state index contributed by atoms with van der Waals surface area (Å²) in [6.07, 6.45) is 11.6. The SMILES string of the molecule is C1CCCNCC1.CCC12CCC[NH+]1CC2. The molecule has 0 amide bonds. The van der Waals surface area contributed by atoms with Crippen LogP contribution in [0.15, 0.2) is 0 Å². The fourth-order valence-corrected chi connectivity index (χ4v) is 3.57. The Balaban J connectivity index is 0.000000125. The lowest BCUT2D eigenvalue weighted by Gasteiger charge is -2.43. The van der Waals surface area contributed by atoms with E-state index in [1.165, 1.54) is 77.5 Å². The molecule has 3 fully saturated rings. The first-order chi connectivity index (χ1) is 7.87. The lowest BCUT2D eigenvalue weighted by molar-refractivity contribution is -0.983. The zero-order chi connectivity index (χ0) is 11.3. The molecular formula is C14H29N2+.